The van der Waals surface area contributed by atoms with Crippen LogP contribution in [0.25, 0.3) is 0 Å². The fraction of sp³-hybridized carbons (Fsp3) is 0.833. The third kappa shape index (κ3) is 9.73. The van der Waals surface area contributed by atoms with Gasteiger partial charge in [-0.2, -0.15) is 11.8 Å². The van der Waals surface area contributed by atoms with Crippen LogP contribution in [-0.2, 0) is 19.1 Å². The first-order valence-electron chi connectivity index (χ1n) is 5.85. The van der Waals surface area contributed by atoms with E-state index >= 15 is 0 Å². The van der Waals surface area contributed by atoms with Crippen molar-refractivity contribution in [1.82, 2.24) is 0 Å². The van der Waals surface area contributed by atoms with Gasteiger partial charge in [0, 0.05) is 11.5 Å². The van der Waals surface area contributed by atoms with Crippen molar-refractivity contribution in [3.05, 3.63) is 0 Å². The van der Waals surface area contributed by atoms with E-state index in [9.17, 15) is 9.59 Å². The Morgan fingerprint density at radius 2 is 1.21 bits per heavy atom. The molecular weight excluding hydrogens is 400 g/mol. The normalized spacial score (nSPS) is 12.1. The van der Waals surface area contributed by atoms with Gasteiger partial charge in [0.2, 0.25) is 0 Å². The van der Waals surface area contributed by atoms with Crippen LogP contribution in [0.2, 0.25) is 0 Å². The van der Waals surface area contributed by atoms with E-state index in [0.717, 1.165) is 0 Å². The Kier molecular flexibility index (Phi) is 8.63. The van der Waals surface area contributed by atoms with E-state index in [-0.39, 0.29) is 11.9 Å². The van der Waals surface area contributed by atoms with Gasteiger partial charge in [-0.15, -0.1) is 0 Å². The summed E-state index contributed by atoms with van der Waals surface area (Å²) in [6, 6.07) is 0. The molecule has 0 aromatic heterocycles. The van der Waals surface area contributed by atoms with Crippen molar-refractivity contribution in [3.8, 4) is 0 Å². The van der Waals surface area contributed by atoms with Gasteiger partial charge in [0.25, 0.3) is 0 Å². The fourth-order valence-corrected chi connectivity index (χ4v) is 1.67. The molecule has 0 heterocycles. The first kappa shape index (κ1) is 19.2. The summed E-state index contributed by atoms with van der Waals surface area (Å²) >= 11 is 8.03. The molecule has 0 N–H and O–H groups in total. The van der Waals surface area contributed by atoms with Crippen LogP contribution in [0.4, 0.5) is 0 Å². The topological polar surface area (TPSA) is 52.6 Å². The number of rotatable bonds is 8. The lowest BCUT2D eigenvalue weighted by atomic mass is 10.2. The molecule has 7 heteroatoms. The summed E-state index contributed by atoms with van der Waals surface area (Å²) in [5, 5.41) is 0. The number of hydrogen-bond donors (Lipinski definition) is 0. The lowest BCUT2D eigenvalue weighted by Gasteiger charge is -2.15. The first-order valence-corrected chi connectivity index (χ1v) is 8.59. The second-order valence-electron chi connectivity index (χ2n) is 4.83. The number of hydrogen-bond acceptors (Lipinski definition) is 5. The van der Waals surface area contributed by atoms with Crippen LogP contribution in [0.5, 0.6) is 0 Å². The highest BCUT2D eigenvalue weighted by Crippen LogP contribution is 2.18. The highest BCUT2D eigenvalue weighted by molar-refractivity contribution is 9.10. The highest BCUT2D eigenvalue weighted by atomic mass is 79.9. The molecule has 0 radical (unpaired) electrons. The minimum absolute atomic E-state index is 0.277. The molecule has 0 aliphatic rings. The molecule has 0 bridgehead atoms. The number of alkyl halides is 2. The van der Waals surface area contributed by atoms with E-state index in [1.165, 1.54) is 0 Å². The molecule has 0 aromatic rings. The number of esters is 2. The Balaban J connectivity index is 3.53. The Hall–Kier alpha value is 0.250. The molecule has 4 nitrogen and oxygen atoms in total. The summed E-state index contributed by atoms with van der Waals surface area (Å²) in [7, 11) is 0. The quantitative estimate of drug-likeness (QED) is 0.343. The molecule has 0 aromatic carbocycles. The predicted octanol–water partition coefficient (Wildman–Crippen LogP) is 3.15. The zero-order valence-electron chi connectivity index (χ0n) is 11.6. The largest absolute Gasteiger partial charge is 0.464 e. The van der Waals surface area contributed by atoms with Crippen molar-refractivity contribution in [1.29, 1.82) is 0 Å². The van der Waals surface area contributed by atoms with Crippen molar-refractivity contribution < 1.29 is 19.1 Å². The predicted molar refractivity (Wildman–Crippen MR) is 85.3 cm³/mol. The summed E-state index contributed by atoms with van der Waals surface area (Å²) in [6.45, 7) is 7.68. The number of ether oxygens (including phenoxy) is 2. The number of carbonyl (C=O) groups excluding carboxylic acids is 2. The molecule has 0 fully saturated rings. The highest BCUT2D eigenvalue weighted by Gasteiger charge is 2.25. The first-order chi connectivity index (χ1) is 8.55. The third-order valence-corrected chi connectivity index (χ3v) is 3.45. The summed E-state index contributed by atoms with van der Waals surface area (Å²) in [5.41, 5.74) is 0. The van der Waals surface area contributed by atoms with Crippen LogP contribution in [0.15, 0.2) is 0 Å². The molecule has 0 unspecified atom stereocenters. The van der Waals surface area contributed by atoms with E-state index in [2.05, 4.69) is 31.9 Å². The SMILES string of the molecule is CC(C)(Br)C(=O)OCCSCCOC(=O)C(C)(C)Br. The van der Waals surface area contributed by atoms with Crippen LogP contribution in [0, 0.1) is 0 Å². The molecule has 19 heavy (non-hydrogen) atoms. The van der Waals surface area contributed by atoms with Crippen LogP contribution in [0.3, 0.4) is 0 Å². The van der Waals surface area contributed by atoms with Gasteiger partial charge in [0.15, 0.2) is 0 Å². The van der Waals surface area contributed by atoms with Gasteiger partial charge in [-0.1, -0.05) is 31.9 Å². The van der Waals surface area contributed by atoms with Crippen molar-refractivity contribution in [2.24, 2.45) is 0 Å². The number of halogens is 2. The molecule has 0 aliphatic carbocycles. The third-order valence-electron chi connectivity index (χ3n) is 1.89. The average Bonchev–Trinajstić information content (AvgIpc) is 2.24. The smallest absolute Gasteiger partial charge is 0.322 e. The van der Waals surface area contributed by atoms with Gasteiger partial charge >= 0.3 is 11.9 Å². The fourth-order valence-electron chi connectivity index (χ4n) is 0.832. The van der Waals surface area contributed by atoms with Crippen LogP contribution in [0.1, 0.15) is 27.7 Å². The van der Waals surface area contributed by atoms with Crippen molar-refractivity contribution >= 4 is 55.6 Å². The summed E-state index contributed by atoms with van der Waals surface area (Å²) in [4.78, 5) is 22.8. The summed E-state index contributed by atoms with van der Waals surface area (Å²) in [6.07, 6.45) is 0. The average molecular weight is 420 g/mol. The molecule has 0 amide bonds. The zero-order chi connectivity index (χ0) is 15.1. The lowest BCUT2D eigenvalue weighted by Crippen LogP contribution is -2.27. The minimum Gasteiger partial charge on any atom is -0.464 e. The van der Waals surface area contributed by atoms with E-state index < -0.39 is 8.65 Å². The zero-order valence-corrected chi connectivity index (χ0v) is 15.6. The van der Waals surface area contributed by atoms with Gasteiger partial charge in [-0.05, 0) is 27.7 Å². The standard InChI is InChI=1S/C12H20Br2O4S/c1-11(2,13)9(15)17-5-7-19-8-6-18-10(16)12(3,4)14/h5-8H2,1-4H3. The lowest BCUT2D eigenvalue weighted by molar-refractivity contribution is -0.145. The van der Waals surface area contributed by atoms with Crippen LogP contribution >= 0.6 is 43.6 Å². The van der Waals surface area contributed by atoms with Crippen molar-refractivity contribution in [2.45, 2.75) is 36.3 Å². The number of carbonyl (C=O) groups is 2. The Morgan fingerprint density at radius 3 is 1.47 bits per heavy atom. The van der Waals surface area contributed by atoms with Gasteiger partial charge in [-0.25, -0.2) is 0 Å². The Bertz CT molecular complexity index is 278. The molecular formula is C12H20Br2O4S. The van der Waals surface area contributed by atoms with Gasteiger partial charge in [0.1, 0.15) is 21.9 Å². The van der Waals surface area contributed by atoms with E-state index in [4.69, 9.17) is 9.47 Å². The monoisotopic (exact) mass is 418 g/mol. The molecule has 0 saturated heterocycles. The second-order valence-corrected chi connectivity index (χ2v) is 10.0. The number of thioether (sulfide) groups is 1. The molecule has 0 spiro atoms. The molecule has 0 rings (SSSR count). The maximum absolute atomic E-state index is 11.4. The summed E-state index contributed by atoms with van der Waals surface area (Å²) in [5.74, 6) is 0.815. The molecule has 0 atom stereocenters. The second kappa shape index (κ2) is 8.52. The van der Waals surface area contributed by atoms with E-state index in [1.807, 2.05) is 0 Å². The minimum atomic E-state index is -0.644. The molecule has 112 valence electrons. The van der Waals surface area contributed by atoms with Crippen LogP contribution in [-0.4, -0.2) is 45.3 Å². The summed E-state index contributed by atoms with van der Waals surface area (Å²) < 4.78 is 8.84. The molecule has 0 saturated carbocycles. The Labute approximate surface area is 135 Å². The van der Waals surface area contributed by atoms with Crippen LogP contribution < -0.4 is 0 Å². The van der Waals surface area contributed by atoms with E-state index in [0.29, 0.717) is 24.7 Å². The maximum atomic E-state index is 11.4. The molecule has 0 aliphatic heterocycles. The van der Waals surface area contributed by atoms with Gasteiger partial charge < -0.3 is 9.47 Å². The van der Waals surface area contributed by atoms with Crippen molar-refractivity contribution in [3.63, 3.8) is 0 Å². The van der Waals surface area contributed by atoms with Gasteiger partial charge in [-0.3, -0.25) is 9.59 Å². The maximum Gasteiger partial charge on any atom is 0.322 e. The van der Waals surface area contributed by atoms with Gasteiger partial charge in [0.05, 0.1) is 0 Å². The van der Waals surface area contributed by atoms with Crippen molar-refractivity contribution in [2.75, 3.05) is 24.7 Å². The Morgan fingerprint density at radius 1 is 0.895 bits per heavy atom. The van der Waals surface area contributed by atoms with E-state index in [1.54, 1.807) is 39.5 Å².